The van der Waals surface area contributed by atoms with Crippen molar-refractivity contribution in [3.8, 4) is 11.5 Å². The van der Waals surface area contributed by atoms with Crippen molar-refractivity contribution < 1.29 is 15.0 Å². The molecule has 0 aliphatic carbocycles. The maximum absolute atomic E-state index is 12.5. The molecule has 1 aliphatic rings. The minimum absolute atomic E-state index is 0.153. The normalized spacial score (nSPS) is 16.0. The minimum Gasteiger partial charge on any atom is -0.504 e. The lowest BCUT2D eigenvalue weighted by atomic mass is 10.0. The number of likely N-dealkylation sites (tertiary alicyclic amines) is 1. The maximum atomic E-state index is 12.5. The predicted octanol–water partition coefficient (Wildman–Crippen LogP) is 2.08. The van der Waals surface area contributed by atoms with E-state index >= 15 is 0 Å². The van der Waals surface area contributed by atoms with Gasteiger partial charge in [-0.3, -0.25) is 9.48 Å². The summed E-state index contributed by atoms with van der Waals surface area (Å²) in [5, 5.41) is 24.0. The van der Waals surface area contributed by atoms with Crippen LogP contribution in [-0.2, 0) is 0 Å². The van der Waals surface area contributed by atoms with E-state index in [9.17, 15) is 15.0 Å². The molecule has 0 atom stereocenters. The molecule has 2 N–H and O–H groups in total. The Bertz CT molecular complexity index is 674. The van der Waals surface area contributed by atoms with Gasteiger partial charge in [0.05, 0.1) is 11.6 Å². The largest absolute Gasteiger partial charge is 0.504 e. The Labute approximate surface area is 128 Å². The monoisotopic (exact) mass is 301 g/mol. The van der Waals surface area contributed by atoms with Crippen LogP contribution in [-0.4, -0.2) is 43.9 Å². The van der Waals surface area contributed by atoms with Crippen LogP contribution >= 0.6 is 0 Å². The summed E-state index contributed by atoms with van der Waals surface area (Å²) in [7, 11) is 0. The number of benzene rings is 1. The third-order valence-corrected chi connectivity index (χ3v) is 4.23. The number of hydrogen-bond acceptors (Lipinski definition) is 4. The highest BCUT2D eigenvalue weighted by atomic mass is 16.3. The van der Waals surface area contributed by atoms with E-state index in [-0.39, 0.29) is 23.0 Å². The average Bonchev–Trinajstić information content (AvgIpc) is 3.07. The van der Waals surface area contributed by atoms with Crippen LogP contribution < -0.4 is 0 Å². The quantitative estimate of drug-likeness (QED) is 0.832. The summed E-state index contributed by atoms with van der Waals surface area (Å²) in [4.78, 5) is 14.2. The van der Waals surface area contributed by atoms with Crippen molar-refractivity contribution in [2.24, 2.45) is 0 Å². The second kappa shape index (κ2) is 5.71. The summed E-state index contributed by atoms with van der Waals surface area (Å²) in [6.07, 6.45) is 5.34. The third-order valence-electron chi connectivity index (χ3n) is 4.23. The van der Waals surface area contributed by atoms with Crippen molar-refractivity contribution in [3.63, 3.8) is 0 Å². The highest BCUT2D eigenvalue weighted by Crippen LogP contribution is 2.33. The van der Waals surface area contributed by atoms with Crippen LogP contribution in [0.2, 0.25) is 0 Å². The van der Waals surface area contributed by atoms with Gasteiger partial charge in [-0.1, -0.05) is 6.07 Å². The lowest BCUT2D eigenvalue weighted by Gasteiger charge is -2.32. The molecule has 0 spiro atoms. The second-order valence-electron chi connectivity index (χ2n) is 5.64. The molecule has 3 rings (SSSR count). The van der Waals surface area contributed by atoms with Gasteiger partial charge < -0.3 is 15.1 Å². The summed E-state index contributed by atoms with van der Waals surface area (Å²) < 4.78 is 1.93. The molecule has 0 saturated carbocycles. The number of hydrogen-bond donors (Lipinski definition) is 2. The fraction of sp³-hybridized carbons (Fsp3) is 0.375. The van der Waals surface area contributed by atoms with E-state index in [2.05, 4.69) is 5.10 Å². The molecule has 1 saturated heterocycles. The summed E-state index contributed by atoms with van der Waals surface area (Å²) in [6, 6.07) is 5.40. The smallest absolute Gasteiger partial charge is 0.257 e. The van der Waals surface area contributed by atoms with E-state index in [1.807, 2.05) is 16.9 Å². The number of aryl methyl sites for hydroxylation is 1. The molecular weight excluding hydrogens is 282 g/mol. The molecular formula is C16H19N3O3. The van der Waals surface area contributed by atoms with Gasteiger partial charge in [0.1, 0.15) is 0 Å². The van der Waals surface area contributed by atoms with Crippen molar-refractivity contribution in [1.82, 2.24) is 14.7 Å². The highest BCUT2D eigenvalue weighted by Gasteiger charge is 2.27. The summed E-state index contributed by atoms with van der Waals surface area (Å²) in [6.45, 7) is 2.90. The number of phenolic OH excluding ortho intramolecular Hbond substituents is 2. The molecule has 1 amide bonds. The first kappa shape index (κ1) is 14.4. The number of carbonyl (C=O) groups excluding carboxylic acids is 1. The van der Waals surface area contributed by atoms with Crippen molar-refractivity contribution in [2.75, 3.05) is 13.1 Å². The molecule has 116 valence electrons. The number of amides is 1. The summed E-state index contributed by atoms with van der Waals surface area (Å²) in [5.74, 6) is -0.803. The van der Waals surface area contributed by atoms with Crippen LogP contribution in [0.4, 0.5) is 0 Å². The van der Waals surface area contributed by atoms with Gasteiger partial charge in [0, 0.05) is 25.5 Å². The molecule has 1 fully saturated rings. The van der Waals surface area contributed by atoms with E-state index in [0.717, 1.165) is 12.8 Å². The Morgan fingerprint density at radius 3 is 2.59 bits per heavy atom. The first-order chi connectivity index (χ1) is 10.6. The van der Waals surface area contributed by atoms with E-state index < -0.39 is 0 Å². The van der Waals surface area contributed by atoms with E-state index in [1.54, 1.807) is 30.2 Å². The Morgan fingerprint density at radius 2 is 1.95 bits per heavy atom. The van der Waals surface area contributed by atoms with Crippen molar-refractivity contribution in [1.29, 1.82) is 0 Å². The fourth-order valence-electron chi connectivity index (χ4n) is 2.85. The maximum Gasteiger partial charge on any atom is 0.257 e. The molecule has 0 radical (unpaired) electrons. The van der Waals surface area contributed by atoms with E-state index in [0.29, 0.717) is 24.7 Å². The van der Waals surface area contributed by atoms with Gasteiger partial charge in [0.2, 0.25) is 0 Å². The summed E-state index contributed by atoms with van der Waals surface area (Å²) >= 11 is 0. The van der Waals surface area contributed by atoms with Crippen molar-refractivity contribution >= 4 is 5.91 Å². The zero-order valence-electron chi connectivity index (χ0n) is 12.4. The number of carbonyl (C=O) groups is 1. The predicted molar refractivity (Wildman–Crippen MR) is 80.9 cm³/mol. The van der Waals surface area contributed by atoms with Crippen molar-refractivity contribution in [3.05, 3.63) is 41.7 Å². The molecule has 0 unspecified atom stereocenters. The number of piperidine rings is 1. The Balaban J connectivity index is 1.71. The Hall–Kier alpha value is -2.50. The van der Waals surface area contributed by atoms with Crippen LogP contribution in [0.5, 0.6) is 11.5 Å². The molecule has 22 heavy (non-hydrogen) atoms. The van der Waals surface area contributed by atoms with Gasteiger partial charge in [0.25, 0.3) is 5.91 Å². The van der Waals surface area contributed by atoms with Gasteiger partial charge >= 0.3 is 0 Å². The fourth-order valence-corrected chi connectivity index (χ4v) is 2.85. The molecule has 1 aliphatic heterocycles. The van der Waals surface area contributed by atoms with Gasteiger partial charge in [-0.2, -0.15) is 5.10 Å². The topological polar surface area (TPSA) is 78.6 Å². The zero-order chi connectivity index (χ0) is 15.7. The second-order valence-corrected chi connectivity index (χ2v) is 5.64. The number of aromatic nitrogens is 2. The summed E-state index contributed by atoms with van der Waals surface area (Å²) in [5.41, 5.74) is 0.701. The lowest BCUT2D eigenvalue weighted by molar-refractivity contribution is 0.0686. The standard InChI is InChI=1S/C16H19N3O3/c1-11-3-4-13(15(21)14(11)20)16(22)18-9-5-12(6-10-18)19-8-2-7-17-19/h2-4,7-8,12,20-21H,5-6,9-10H2,1H3. The minimum atomic E-state index is -0.334. The van der Waals surface area contributed by atoms with E-state index in [4.69, 9.17) is 0 Å². The van der Waals surface area contributed by atoms with Crippen molar-refractivity contribution in [2.45, 2.75) is 25.8 Å². The van der Waals surface area contributed by atoms with Gasteiger partial charge in [-0.15, -0.1) is 0 Å². The van der Waals surface area contributed by atoms with Gasteiger partial charge in [0.15, 0.2) is 11.5 Å². The molecule has 0 bridgehead atoms. The molecule has 6 heteroatoms. The first-order valence-corrected chi connectivity index (χ1v) is 7.38. The number of nitrogens with zero attached hydrogens (tertiary/aromatic N) is 3. The van der Waals surface area contributed by atoms with Crippen LogP contribution in [0.15, 0.2) is 30.6 Å². The number of rotatable bonds is 2. The average molecular weight is 301 g/mol. The lowest BCUT2D eigenvalue weighted by Crippen LogP contribution is -2.39. The molecule has 1 aromatic heterocycles. The SMILES string of the molecule is Cc1ccc(C(=O)N2CCC(n3cccn3)CC2)c(O)c1O. The van der Waals surface area contributed by atoms with E-state index in [1.165, 1.54) is 0 Å². The van der Waals surface area contributed by atoms with Gasteiger partial charge in [-0.05, 0) is 37.5 Å². The van der Waals surface area contributed by atoms with Gasteiger partial charge in [-0.25, -0.2) is 0 Å². The number of aromatic hydroxyl groups is 2. The van der Waals surface area contributed by atoms with Crippen LogP contribution in [0.25, 0.3) is 0 Å². The Kier molecular flexibility index (Phi) is 3.75. The number of phenols is 2. The molecule has 2 aromatic rings. The Morgan fingerprint density at radius 1 is 1.23 bits per heavy atom. The highest BCUT2D eigenvalue weighted by molar-refractivity contribution is 5.97. The van der Waals surface area contributed by atoms with Crippen LogP contribution in [0, 0.1) is 6.92 Å². The third kappa shape index (κ3) is 2.52. The van der Waals surface area contributed by atoms with Crippen LogP contribution in [0.1, 0.15) is 34.8 Å². The molecule has 2 heterocycles. The molecule has 6 nitrogen and oxygen atoms in total. The van der Waals surface area contributed by atoms with Crippen LogP contribution in [0.3, 0.4) is 0 Å². The zero-order valence-corrected chi connectivity index (χ0v) is 12.4. The molecule has 1 aromatic carbocycles. The first-order valence-electron chi connectivity index (χ1n) is 7.38.